The van der Waals surface area contributed by atoms with Crippen molar-refractivity contribution in [3.05, 3.63) is 24.3 Å². The fourth-order valence-electron chi connectivity index (χ4n) is 5.48. The van der Waals surface area contributed by atoms with Crippen molar-refractivity contribution in [2.75, 3.05) is 31.2 Å². The summed E-state index contributed by atoms with van der Waals surface area (Å²) in [5.41, 5.74) is 3.03. The monoisotopic (exact) mass is 532 g/mol. The van der Waals surface area contributed by atoms with Gasteiger partial charge in [-0.3, -0.25) is 4.79 Å². The average molecular weight is 533 g/mol. The molecule has 0 aliphatic carbocycles. The second kappa shape index (κ2) is 10.1. The van der Waals surface area contributed by atoms with Crippen LogP contribution in [0.15, 0.2) is 29.2 Å². The van der Waals surface area contributed by atoms with Gasteiger partial charge in [-0.2, -0.15) is 5.26 Å². The van der Waals surface area contributed by atoms with Gasteiger partial charge in [0.15, 0.2) is 9.84 Å². The summed E-state index contributed by atoms with van der Waals surface area (Å²) in [6.07, 6.45) is 2.44. The number of amides is 2. The lowest BCUT2D eigenvalue weighted by atomic mass is 9.81. The van der Waals surface area contributed by atoms with Gasteiger partial charge >= 0.3 is 6.09 Å². The number of ether oxygens (including phenoxy) is 1. The van der Waals surface area contributed by atoms with E-state index in [1.165, 1.54) is 12.1 Å². The zero-order valence-corrected chi connectivity index (χ0v) is 22.6. The lowest BCUT2D eigenvalue weighted by molar-refractivity contribution is -0.128. The van der Waals surface area contributed by atoms with E-state index >= 15 is 0 Å². The van der Waals surface area contributed by atoms with Crippen molar-refractivity contribution in [2.45, 2.75) is 74.7 Å². The summed E-state index contributed by atoms with van der Waals surface area (Å²) in [5.74, 6) is -0.488. The van der Waals surface area contributed by atoms with E-state index in [1.54, 1.807) is 17.0 Å². The molecular weight excluding hydrogens is 496 g/mol. The Labute approximate surface area is 218 Å². The Morgan fingerprint density at radius 1 is 1.24 bits per heavy atom. The summed E-state index contributed by atoms with van der Waals surface area (Å²) in [5, 5.41) is 18.2. The van der Waals surface area contributed by atoms with Gasteiger partial charge in [0, 0.05) is 37.6 Å². The van der Waals surface area contributed by atoms with Crippen LogP contribution in [0.2, 0.25) is 0 Å². The van der Waals surface area contributed by atoms with Gasteiger partial charge in [-0.25, -0.2) is 23.6 Å². The SMILES string of the molecule is CC(C)(C)OC(=O)N1CCC(CC#N)(N2NC(Nc3ccc(S(C)(=O)=O)cc3)C3C(=O)NCCC32)CC1. The Kier molecular flexibility index (Phi) is 7.43. The van der Waals surface area contributed by atoms with Crippen LogP contribution in [0.4, 0.5) is 10.5 Å². The van der Waals surface area contributed by atoms with Gasteiger partial charge in [-0.05, 0) is 64.3 Å². The van der Waals surface area contributed by atoms with Crippen molar-refractivity contribution in [1.82, 2.24) is 20.7 Å². The Hall–Kier alpha value is -2.88. The molecule has 0 radical (unpaired) electrons. The molecule has 3 aliphatic rings. The molecule has 202 valence electrons. The molecule has 0 bridgehead atoms. The van der Waals surface area contributed by atoms with Gasteiger partial charge in [0.2, 0.25) is 5.91 Å². The summed E-state index contributed by atoms with van der Waals surface area (Å²) in [7, 11) is -3.32. The van der Waals surface area contributed by atoms with Crippen LogP contribution in [-0.2, 0) is 19.4 Å². The van der Waals surface area contributed by atoms with Crippen LogP contribution in [0.3, 0.4) is 0 Å². The number of carbonyl (C=O) groups excluding carboxylic acids is 2. The number of fused-ring (bicyclic) bond motifs is 1. The van der Waals surface area contributed by atoms with E-state index in [9.17, 15) is 23.3 Å². The van der Waals surface area contributed by atoms with Gasteiger partial charge < -0.3 is 20.3 Å². The normalized spacial score (nSPS) is 26.1. The third-order valence-corrected chi connectivity index (χ3v) is 8.42. The van der Waals surface area contributed by atoms with Gasteiger partial charge in [-0.1, -0.05) is 0 Å². The number of anilines is 1. The zero-order valence-electron chi connectivity index (χ0n) is 21.8. The highest BCUT2D eigenvalue weighted by molar-refractivity contribution is 7.90. The topological polar surface area (TPSA) is 144 Å². The fraction of sp³-hybridized carbons (Fsp3) is 0.640. The minimum absolute atomic E-state index is 0.0743. The van der Waals surface area contributed by atoms with Crippen LogP contribution >= 0.6 is 0 Å². The average Bonchev–Trinajstić information content (AvgIpc) is 3.18. The summed E-state index contributed by atoms with van der Waals surface area (Å²) in [4.78, 5) is 27.5. The molecular formula is C25H36N6O5S. The number of likely N-dealkylation sites (tertiary alicyclic amines) is 1. The van der Waals surface area contributed by atoms with Crippen LogP contribution in [0, 0.1) is 17.2 Å². The van der Waals surface area contributed by atoms with Gasteiger partial charge in [0.25, 0.3) is 0 Å². The van der Waals surface area contributed by atoms with Crippen molar-refractivity contribution in [2.24, 2.45) is 5.92 Å². The highest BCUT2D eigenvalue weighted by atomic mass is 32.2. The molecule has 0 saturated carbocycles. The van der Waals surface area contributed by atoms with Crippen LogP contribution in [-0.4, -0.2) is 79.6 Å². The molecule has 3 heterocycles. The number of carbonyl (C=O) groups is 2. The van der Waals surface area contributed by atoms with Crippen molar-refractivity contribution in [1.29, 1.82) is 5.26 Å². The molecule has 4 rings (SSSR count). The molecule has 12 heteroatoms. The predicted octanol–water partition coefficient (Wildman–Crippen LogP) is 1.84. The third-order valence-electron chi connectivity index (χ3n) is 7.30. The van der Waals surface area contributed by atoms with Crippen LogP contribution < -0.4 is 16.1 Å². The van der Waals surface area contributed by atoms with E-state index in [0.717, 1.165) is 12.7 Å². The number of hydrazine groups is 1. The number of sulfone groups is 1. The predicted molar refractivity (Wildman–Crippen MR) is 137 cm³/mol. The Bertz CT molecular complexity index is 1170. The standard InChI is InChI=1S/C25H36N6O5S/c1-24(2,3)36-23(33)30-15-11-25(10-13-26,12-16-30)31-19-9-14-27-22(32)20(19)21(29-31)28-17-5-7-18(8-6-17)37(4,34)35/h5-8,19-21,28-29H,9-12,14-16H2,1-4H3,(H,27,32). The first-order valence-electron chi connectivity index (χ1n) is 12.6. The van der Waals surface area contributed by atoms with Crippen LogP contribution in [0.25, 0.3) is 0 Å². The molecule has 3 unspecified atom stereocenters. The Balaban J connectivity index is 1.54. The molecule has 1 aromatic carbocycles. The van der Waals surface area contributed by atoms with E-state index in [2.05, 4.69) is 27.1 Å². The lowest BCUT2D eigenvalue weighted by Crippen LogP contribution is -2.62. The first-order valence-corrected chi connectivity index (χ1v) is 14.5. The largest absolute Gasteiger partial charge is 0.444 e. The van der Waals surface area contributed by atoms with E-state index in [1.807, 2.05) is 20.8 Å². The van der Waals surface area contributed by atoms with Crippen molar-refractivity contribution < 1.29 is 22.7 Å². The van der Waals surface area contributed by atoms with Crippen molar-refractivity contribution >= 4 is 27.5 Å². The minimum Gasteiger partial charge on any atom is -0.444 e. The Morgan fingerprint density at radius 3 is 2.46 bits per heavy atom. The van der Waals surface area contributed by atoms with E-state index in [4.69, 9.17) is 4.74 Å². The maximum atomic E-state index is 13.0. The molecule has 3 fully saturated rings. The fourth-order valence-corrected chi connectivity index (χ4v) is 6.11. The van der Waals surface area contributed by atoms with Gasteiger partial charge in [0.05, 0.1) is 28.8 Å². The third kappa shape index (κ3) is 5.84. The maximum Gasteiger partial charge on any atom is 0.410 e. The van der Waals surface area contributed by atoms with Crippen molar-refractivity contribution in [3.63, 3.8) is 0 Å². The molecule has 11 nitrogen and oxygen atoms in total. The Morgan fingerprint density at radius 2 is 1.89 bits per heavy atom. The number of nitriles is 1. The minimum atomic E-state index is -3.32. The number of hydrogen-bond acceptors (Lipinski definition) is 9. The molecule has 3 atom stereocenters. The first-order chi connectivity index (χ1) is 17.3. The van der Waals surface area contributed by atoms with Gasteiger partial charge in [0.1, 0.15) is 11.8 Å². The van der Waals surface area contributed by atoms with E-state index in [0.29, 0.717) is 38.2 Å². The molecule has 3 aliphatic heterocycles. The lowest BCUT2D eigenvalue weighted by Gasteiger charge is -2.48. The smallest absolute Gasteiger partial charge is 0.410 e. The van der Waals surface area contributed by atoms with Crippen LogP contribution in [0.5, 0.6) is 0 Å². The maximum absolute atomic E-state index is 13.0. The second-order valence-corrected chi connectivity index (χ2v) is 13.1. The highest BCUT2D eigenvalue weighted by Gasteiger charge is 2.55. The first kappa shape index (κ1) is 27.2. The number of rotatable bonds is 5. The van der Waals surface area contributed by atoms with E-state index in [-0.39, 0.29) is 29.4 Å². The highest BCUT2D eigenvalue weighted by Crippen LogP contribution is 2.40. The quantitative estimate of drug-likeness (QED) is 0.517. The number of nitrogens with zero attached hydrogens (tertiary/aromatic N) is 3. The summed E-state index contributed by atoms with van der Waals surface area (Å²) >= 11 is 0. The van der Waals surface area contributed by atoms with Gasteiger partial charge in [-0.15, -0.1) is 0 Å². The van der Waals surface area contributed by atoms with E-state index < -0.39 is 33.1 Å². The second-order valence-electron chi connectivity index (χ2n) is 11.1. The zero-order chi connectivity index (χ0) is 27.0. The summed E-state index contributed by atoms with van der Waals surface area (Å²) in [6.45, 7) is 6.94. The molecule has 3 N–H and O–H groups in total. The number of nitrogens with one attached hydrogen (secondary N) is 3. The van der Waals surface area contributed by atoms with Crippen molar-refractivity contribution in [3.8, 4) is 6.07 Å². The summed E-state index contributed by atoms with van der Waals surface area (Å²) < 4.78 is 29.2. The van der Waals surface area contributed by atoms with Crippen LogP contribution in [0.1, 0.15) is 46.5 Å². The molecule has 3 saturated heterocycles. The molecule has 0 aromatic heterocycles. The number of piperidine rings is 2. The molecule has 1 aromatic rings. The molecule has 2 amide bonds. The summed E-state index contributed by atoms with van der Waals surface area (Å²) in [6, 6.07) is 8.63. The number of hydrogen-bond donors (Lipinski definition) is 3. The number of benzene rings is 1. The molecule has 37 heavy (non-hydrogen) atoms. The molecule has 0 spiro atoms.